The quantitative estimate of drug-likeness (QED) is 0.659. The molecule has 1 saturated heterocycles. The molecule has 0 aliphatic carbocycles. The van der Waals surface area contributed by atoms with Crippen LogP contribution in [-0.2, 0) is 17.5 Å². The molecule has 1 aliphatic rings. The van der Waals surface area contributed by atoms with E-state index in [2.05, 4.69) is 15.0 Å². The second-order valence-corrected chi connectivity index (χ2v) is 8.42. The molecule has 1 N–H and O–H groups in total. The third kappa shape index (κ3) is 4.55. The molecule has 1 fully saturated rings. The van der Waals surface area contributed by atoms with Crippen LogP contribution in [0.3, 0.4) is 0 Å². The van der Waals surface area contributed by atoms with Gasteiger partial charge in [0.2, 0.25) is 5.91 Å². The molecule has 164 valence electrons. The van der Waals surface area contributed by atoms with Gasteiger partial charge in [-0.25, -0.2) is 9.97 Å². The Labute approximate surface area is 179 Å². The smallest absolute Gasteiger partial charge is 0.357 e. The topological polar surface area (TPSA) is 82.2 Å². The predicted octanol–water partition coefficient (Wildman–Crippen LogP) is 3.27. The van der Waals surface area contributed by atoms with Crippen molar-refractivity contribution in [2.24, 2.45) is 5.92 Å². The standard InChI is InChI=1S/C20H20F3N5O2S/c1-27(11-15-25-14-6-9-31-17(14)18(29)26-15)19(30)12-4-7-28(8-5-12)16-3-2-13(10-24-16)20(21,22)23/h2-3,6,9-10,12H,4-5,7-8,11H2,1H3,(H,25,26,29). The molecule has 0 aromatic carbocycles. The van der Waals surface area contributed by atoms with Gasteiger partial charge < -0.3 is 14.8 Å². The number of carbonyl (C=O) groups is 1. The first-order valence-corrected chi connectivity index (χ1v) is 10.6. The van der Waals surface area contributed by atoms with Crippen LogP contribution in [0.4, 0.5) is 19.0 Å². The van der Waals surface area contributed by atoms with Crippen molar-refractivity contribution >= 4 is 33.3 Å². The van der Waals surface area contributed by atoms with E-state index in [1.165, 1.54) is 17.4 Å². The lowest BCUT2D eigenvalue weighted by Crippen LogP contribution is -2.41. The molecule has 0 spiro atoms. The molecule has 0 bridgehead atoms. The largest absolute Gasteiger partial charge is 0.417 e. The Balaban J connectivity index is 1.35. The number of thiophene rings is 1. The number of anilines is 1. The van der Waals surface area contributed by atoms with Gasteiger partial charge in [-0.3, -0.25) is 9.59 Å². The van der Waals surface area contributed by atoms with Gasteiger partial charge in [0.15, 0.2) is 0 Å². The Hall–Kier alpha value is -2.95. The summed E-state index contributed by atoms with van der Waals surface area (Å²) in [6.07, 6.45) is -2.44. The van der Waals surface area contributed by atoms with Gasteiger partial charge in [0.05, 0.1) is 17.6 Å². The second-order valence-electron chi connectivity index (χ2n) is 7.51. The van der Waals surface area contributed by atoms with Crippen molar-refractivity contribution in [2.75, 3.05) is 25.0 Å². The van der Waals surface area contributed by atoms with E-state index in [1.54, 1.807) is 23.4 Å². The van der Waals surface area contributed by atoms with Crippen molar-refractivity contribution in [1.82, 2.24) is 19.9 Å². The molecule has 3 aromatic heterocycles. The van der Waals surface area contributed by atoms with Crippen LogP contribution in [0.5, 0.6) is 0 Å². The van der Waals surface area contributed by atoms with E-state index < -0.39 is 11.7 Å². The Morgan fingerprint density at radius 2 is 2.03 bits per heavy atom. The highest BCUT2D eigenvalue weighted by Gasteiger charge is 2.32. The molecule has 1 aliphatic heterocycles. The van der Waals surface area contributed by atoms with Crippen molar-refractivity contribution in [3.05, 3.63) is 51.5 Å². The van der Waals surface area contributed by atoms with Crippen LogP contribution in [0.15, 0.2) is 34.6 Å². The van der Waals surface area contributed by atoms with Gasteiger partial charge in [-0.2, -0.15) is 13.2 Å². The molecule has 11 heteroatoms. The average molecular weight is 451 g/mol. The maximum absolute atomic E-state index is 12.8. The number of aromatic amines is 1. The number of pyridine rings is 1. The normalized spacial score (nSPS) is 15.4. The first kappa shape index (κ1) is 21.3. The van der Waals surface area contributed by atoms with Gasteiger partial charge in [0, 0.05) is 32.3 Å². The first-order valence-electron chi connectivity index (χ1n) is 9.72. The van der Waals surface area contributed by atoms with E-state index in [4.69, 9.17) is 0 Å². The summed E-state index contributed by atoms with van der Waals surface area (Å²) < 4.78 is 38.6. The summed E-state index contributed by atoms with van der Waals surface area (Å²) >= 11 is 1.32. The third-order valence-electron chi connectivity index (χ3n) is 5.37. The highest BCUT2D eigenvalue weighted by Crippen LogP contribution is 2.30. The van der Waals surface area contributed by atoms with E-state index in [9.17, 15) is 22.8 Å². The molecule has 3 aromatic rings. The molecule has 0 unspecified atom stereocenters. The zero-order valence-corrected chi connectivity index (χ0v) is 17.5. The maximum Gasteiger partial charge on any atom is 0.417 e. The fraction of sp³-hybridized carbons (Fsp3) is 0.400. The van der Waals surface area contributed by atoms with E-state index in [-0.39, 0.29) is 23.9 Å². The highest BCUT2D eigenvalue weighted by atomic mass is 32.1. The minimum absolute atomic E-state index is 0.0481. The summed E-state index contributed by atoms with van der Waals surface area (Å²) in [6.45, 7) is 1.25. The lowest BCUT2D eigenvalue weighted by molar-refractivity contribution is -0.138. The molecule has 1 amide bonds. The number of piperidine rings is 1. The van der Waals surface area contributed by atoms with Gasteiger partial charge >= 0.3 is 6.18 Å². The summed E-state index contributed by atoms with van der Waals surface area (Å²) in [5.74, 6) is 0.650. The van der Waals surface area contributed by atoms with Crippen LogP contribution in [0, 0.1) is 5.92 Å². The lowest BCUT2D eigenvalue weighted by atomic mass is 9.95. The SMILES string of the molecule is CN(Cc1nc2ccsc2c(=O)[nH]1)C(=O)C1CCN(c2ccc(C(F)(F)F)cn2)CC1. The van der Waals surface area contributed by atoms with Crippen LogP contribution in [0.2, 0.25) is 0 Å². The van der Waals surface area contributed by atoms with Crippen LogP contribution in [0.25, 0.3) is 10.2 Å². The third-order valence-corrected chi connectivity index (χ3v) is 6.27. The van der Waals surface area contributed by atoms with Gasteiger partial charge in [-0.1, -0.05) is 0 Å². The number of carbonyl (C=O) groups excluding carboxylic acids is 1. The average Bonchev–Trinajstić information content (AvgIpc) is 3.22. The predicted molar refractivity (Wildman–Crippen MR) is 111 cm³/mol. The number of amides is 1. The van der Waals surface area contributed by atoms with Crippen molar-refractivity contribution in [3.8, 4) is 0 Å². The Morgan fingerprint density at radius 3 is 2.68 bits per heavy atom. The van der Waals surface area contributed by atoms with E-state index >= 15 is 0 Å². The minimum Gasteiger partial charge on any atom is -0.357 e. The summed E-state index contributed by atoms with van der Waals surface area (Å²) in [5.41, 5.74) is -0.384. The van der Waals surface area contributed by atoms with E-state index in [1.807, 2.05) is 4.90 Å². The number of nitrogens with zero attached hydrogens (tertiary/aromatic N) is 4. The number of halogens is 3. The fourth-order valence-electron chi connectivity index (χ4n) is 3.71. The zero-order valence-electron chi connectivity index (χ0n) is 16.6. The summed E-state index contributed by atoms with van der Waals surface area (Å²) in [4.78, 5) is 39.4. The number of H-pyrrole nitrogens is 1. The summed E-state index contributed by atoms with van der Waals surface area (Å²) in [7, 11) is 1.67. The lowest BCUT2D eigenvalue weighted by Gasteiger charge is -2.33. The van der Waals surface area contributed by atoms with Crippen molar-refractivity contribution < 1.29 is 18.0 Å². The molecule has 0 saturated carbocycles. The maximum atomic E-state index is 12.8. The number of nitrogens with one attached hydrogen (secondary N) is 1. The molecular formula is C20H20F3N5O2S. The number of fused-ring (bicyclic) bond motifs is 1. The number of alkyl halides is 3. The number of aromatic nitrogens is 3. The minimum atomic E-state index is -4.41. The highest BCUT2D eigenvalue weighted by molar-refractivity contribution is 7.17. The molecule has 7 nitrogen and oxygen atoms in total. The number of rotatable bonds is 4. The van der Waals surface area contributed by atoms with Gasteiger partial charge in [0.25, 0.3) is 5.56 Å². The van der Waals surface area contributed by atoms with E-state index in [0.717, 1.165) is 12.3 Å². The first-order chi connectivity index (χ1) is 14.7. The van der Waals surface area contributed by atoms with Crippen molar-refractivity contribution in [3.63, 3.8) is 0 Å². The fourth-order valence-corrected chi connectivity index (χ4v) is 4.43. The molecule has 0 atom stereocenters. The molecule has 0 radical (unpaired) electrons. The van der Waals surface area contributed by atoms with Crippen LogP contribution < -0.4 is 10.5 Å². The second kappa shape index (κ2) is 8.29. The zero-order chi connectivity index (χ0) is 22.2. The summed E-state index contributed by atoms with van der Waals surface area (Å²) in [5, 5.41) is 1.80. The molecular weight excluding hydrogens is 431 g/mol. The monoisotopic (exact) mass is 451 g/mol. The number of hydrogen-bond acceptors (Lipinski definition) is 6. The van der Waals surface area contributed by atoms with Gasteiger partial charge in [0.1, 0.15) is 16.3 Å². The molecule has 4 heterocycles. The Morgan fingerprint density at radius 1 is 1.29 bits per heavy atom. The molecule has 4 rings (SSSR count). The van der Waals surface area contributed by atoms with Gasteiger partial charge in [-0.05, 0) is 36.4 Å². The van der Waals surface area contributed by atoms with Crippen LogP contribution in [-0.4, -0.2) is 45.9 Å². The summed E-state index contributed by atoms with van der Waals surface area (Å²) in [6, 6.07) is 4.15. The van der Waals surface area contributed by atoms with E-state index in [0.29, 0.717) is 47.8 Å². The van der Waals surface area contributed by atoms with Crippen molar-refractivity contribution in [2.45, 2.75) is 25.6 Å². The Kier molecular flexibility index (Phi) is 5.69. The van der Waals surface area contributed by atoms with Crippen LogP contribution in [0.1, 0.15) is 24.2 Å². The van der Waals surface area contributed by atoms with Crippen molar-refractivity contribution in [1.29, 1.82) is 0 Å². The number of hydrogen-bond donors (Lipinski definition) is 1. The van der Waals surface area contributed by atoms with Gasteiger partial charge in [-0.15, -0.1) is 11.3 Å². The van der Waals surface area contributed by atoms with Crippen LogP contribution >= 0.6 is 11.3 Å². The Bertz CT molecular complexity index is 1130. The molecule has 31 heavy (non-hydrogen) atoms.